The average molecular weight is 376 g/mol. The van der Waals surface area contributed by atoms with E-state index in [1.54, 1.807) is 20.3 Å². The summed E-state index contributed by atoms with van der Waals surface area (Å²) in [6.45, 7) is 0.357. The Bertz CT molecular complexity index is 836. The fourth-order valence-corrected chi connectivity index (χ4v) is 2.98. The summed E-state index contributed by atoms with van der Waals surface area (Å²) in [6, 6.07) is 24.9. The molecule has 0 heterocycles. The second kappa shape index (κ2) is 9.46. The molecule has 28 heavy (non-hydrogen) atoms. The number of carbonyl (C=O) groups excluding carboxylic acids is 1. The van der Waals surface area contributed by atoms with Gasteiger partial charge in [0, 0.05) is 12.6 Å². The van der Waals surface area contributed by atoms with Crippen molar-refractivity contribution in [2.75, 3.05) is 14.2 Å². The van der Waals surface area contributed by atoms with Crippen LogP contribution in [-0.4, -0.2) is 20.3 Å². The zero-order valence-electron chi connectivity index (χ0n) is 16.0. The summed E-state index contributed by atoms with van der Waals surface area (Å²) in [5.41, 5.74) is 2.93. The van der Waals surface area contributed by atoms with Crippen molar-refractivity contribution in [2.24, 2.45) is 0 Å². The van der Waals surface area contributed by atoms with Crippen LogP contribution in [0.25, 0.3) is 0 Å². The Balaban J connectivity index is 1.71. The highest BCUT2D eigenvalue weighted by Crippen LogP contribution is 2.23. The van der Waals surface area contributed by atoms with Gasteiger partial charge in [0.25, 0.3) is 0 Å². The first-order valence-corrected chi connectivity index (χ1v) is 9.06. The number of methoxy groups -OCH3 is 2. The molecule has 0 bridgehead atoms. The van der Waals surface area contributed by atoms with Gasteiger partial charge in [-0.25, -0.2) is 4.79 Å². The minimum atomic E-state index is -0.250. The topological polar surface area (TPSA) is 59.6 Å². The lowest BCUT2D eigenvalue weighted by Gasteiger charge is -2.20. The normalized spacial score (nSPS) is 10.4. The van der Waals surface area contributed by atoms with Crippen LogP contribution in [0.4, 0.5) is 4.79 Å². The van der Waals surface area contributed by atoms with E-state index in [-0.39, 0.29) is 12.1 Å². The van der Waals surface area contributed by atoms with E-state index in [1.807, 2.05) is 72.8 Å². The summed E-state index contributed by atoms with van der Waals surface area (Å²) in [5.74, 6) is 1.37. The van der Waals surface area contributed by atoms with E-state index in [0.717, 1.165) is 16.7 Å². The number of hydrogen-bond donors (Lipinski definition) is 2. The van der Waals surface area contributed by atoms with Gasteiger partial charge in [-0.1, -0.05) is 60.7 Å². The van der Waals surface area contributed by atoms with Crippen LogP contribution in [0.15, 0.2) is 78.9 Å². The molecule has 3 aromatic carbocycles. The lowest BCUT2D eigenvalue weighted by atomic mass is 9.99. The molecule has 0 aliphatic rings. The van der Waals surface area contributed by atoms with Gasteiger partial charge in [0.15, 0.2) is 0 Å². The van der Waals surface area contributed by atoms with Gasteiger partial charge >= 0.3 is 6.03 Å². The number of urea groups is 1. The molecule has 144 valence electrons. The molecule has 2 N–H and O–H groups in total. The van der Waals surface area contributed by atoms with Gasteiger partial charge in [0.05, 0.1) is 20.3 Å². The second-order valence-corrected chi connectivity index (χ2v) is 6.30. The molecule has 0 atom stereocenters. The van der Waals surface area contributed by atoms with Gasteiger partial charge < -0.3 is 20.1 Å². The Morgan fingerprint density at radius 2 is 1.32 bits per heavy atom. The number of carbonyl (C=O) groups is 1. The molecule has 0 aliphatic heterocycles. The Kier molecular flexibility index (Phi) is 6.52. The number of amides is 2. The van der Waals surface area contributed by atoms with Crippen molar-refractivity contribution in [1.82, 2.24) is 10.6 Å². The molecule has 0 fully saturated rings. The van der Waals surface area contributed by atoms with E-state index in [4.69, 9.17) is 9.47 Å². The van der Waals surface area contributed by atoms with Gasteiger partial charge in [0.2, 0.25) is 0 Å². The quantitative estimate of drug-likeness (QED) is 0.647. The Hall–Kier alpha value is -3.47. The first-order valence-electron chi connectivity index (χ1n) is 9.06. The third-order valence-corrected chi connectivity index (χ3v) is 4.41. The van der Waals surface area contributed by atoms with Crippen molar-refractivity contribution in [3.63, 3.8) is 0 Å². The summed E-state index contributed by atoms with van der Waals surface area (Å²) in [5, 5.41) is 5.97. The van der Waals surface area contributed by atoms with E-state index >= 15 is 0 Å². The van der Waals surface area contributed by atoms with Crippen molar-refractivity contribution in [2.45, 2.75) is 12.6 Å². The van der Waals surface area contributed by atoms with Crippen LogP contribution in [-0.2, 0) is 6.54 Å². The lowest BCUT2D eigenvalue weighted by Crippen LogP contribution is -2.38. The summed E-state index contributed by atoms with van der Waals surface area (Å²) < 4.78 is 10.6. The number of ether oxygens (including phenoxy) is 2. The zero-order chi connectivity index (χ0) is 19.8. The second-order valence-electron chi connectivity index (χ2n) is 6.30. The third-order valence-electron chi connectivity index (χ3n) is 4.41. The minimum absolute atomic E-state index is 0.234. The first-order chi connectivity index (χ1) is 13.7. The predicted octanol–water partition coefficient (Wildman–Crippen LogP) is 4.29. The molecule has 0 radical (unpaired) electrons. The predicted molar refractivity (Wildman–Crippen MR) is 110 cm³/mol. The summed E-state index contributed by atoms with van der Waals surface area (Å²) in [4.78, 5) is 12.6. The molecular formula is C23H24N2O3. The summed E-state index contributed by atoms with van der Waals surface area (Å²) in [6.07, 6.45) is 0. The van der Waals surface area contributed by atoms with Crippen LogP contribution < -0.4 is 20.1 Å². The SMILES string of the molecule is COc1cc(CNC(=O)NC(c2ccccc2)c2ccccc2)cc(OC)c1. The fourth-order valence-electron chi connectivity index (χ4n) is 2.98. The van der Waals surface area contributed by atoms with Gasteiger partial charge in [-0.3, -0.25) is 0 Å². The van der Waals surface area contributed by atoms with E-state index < -0.39 is 0 Å². The molecule has 2 amide bonds. The highest BCUT2D eigenvalue weighted by molar-refractivity contribution is 5.75. The smallest absolute Gasteiger partial charge is 0.315 e. The zero-order valence-corrected chi connectivity index (χ0v) is 16.0. The molecular weight excluding hydrogens is 352 g/mol. The molecule has 0 spiro atoms. The van der Waals surface area contributed by atoms with Gasteiger partial charge in [-0.05, 0) is 28.8 Å². The molecule has 3 rings (SSSR count). The van der Waals surface area contributed by atoms with Crippen molar-refractivity contribution in [3.05, 3.63) is 95.6 Å². The Morgan fingerprint density at radius 1 is 0.821 bits per heavy atom. The van der Waals surface area contributed by atoms with E-state index in [9.17, 15) is 4.79 Å². The van der Waals surface area contributed by atoms with E-state index in [1.165, 1.54) is 0 Å². The van der Waals surface area contributed by atoms with Gasteiger partial charge in [-0.2, -0.15) is 0 Å². The van der Waals surface area contributed by atoms with Gasteiger partial charge in [0.1, 0.15) is 11.5 Å². The highest BCUT2D eigenvalue weighted by atomic mass is 16.5. The molecule has 0 aromatic heterocycles. The molecule has 3 aromatic rings. The number of hydrogen-bond acceptors (Lipinski definition) is 3. The van der Waals surface area contributed by atoms with Gasteiger partial charge in [-0.15, -0.1) is 0 Å². The lowest BCUT2D eigenvalue weighted by molar-refractivity contribution is 0.238. The van der Waals surface area contributed by atoms with Crippen LogP contribution in [0.1, 0.15) is 22.7 Å². The first kappa shape index (κ1) is 19.3. The van der Waals surface area contributed by atoms with Crippen LogP contribution >= 0.6 is 0 Å². The van der Waals surface area contributed by atoms with Crippen LogP contribution in [0.2, 0.25) is 0 Å². The van der Waals surface area contributed by atoms with E-state index in [2.05, 4.69) is 10.6 Å². The molecule has 5 heteroatoms. The summed E-state index contributed by atoms with van der Waals surface area (Å²) >= 11 is 0. The molecule has 0 aliphatic carbocycles. The molecule has 5 nitrogen and oxygen atoms in total. The molecule has 0 saturated carbocycles. The van der Waals surface area contributed by atoms with Crippen LogP contribution in [0.5, 0.6) is 11.5 Å². The standard InChI is InChI=1S/C23H24N2O3/c1-27-20-13-17(14-21(15-20)28-2)16-24-23(26)25-22(18-9-5-3-6-10-18)19-11-7-4-8-12-19/h3-15,22H,16H2,1-2H3,(H2,24,25,26). The van der Waals surface area contributed by atoms with Crippen LogP contribution in [0.3, 0.4) is 0 Å². The van der Waals surface area contributed by atoms with Crippen molar-refractivity contribution >= 4 is 6.03 Å². The maximum Gasteiger partial charge on any atom is 0.315 e. The number of rotatable bonds is 7. The maximum absolute atomic E-state index is 12.6. The monoisotopic (exact) mass is 376 g/mol. The average Bonchev–Trinajstić information content (AvgIpc) is 2.77. The number of benzene rings is 3. The largest absolute Gasteiger partial charge is 0.497 e. The highest BCUT2D eigenvalue weighted by Gasteiger charge is 2.16. The van der Waals surface area contributed by atoms with E-state index in [0.29, 0.717) is 18.0 Å². The fraction of sp³-hybridized carbons (Fsp3) is 0.174. The third kappa shape index (κ3) is 5.04. The minimum Gasteiger partial charge on any atom is -0.497 e. The summed E-state index contributed by atoms with van der Waals surface area (Å²) in [7, 11) is 3.20. The Morgan fingerprint density at radius 3 is 1.79 bits per heavy atom. The molecule has 0 saturated heterocycles. The van der Waals surface area contributed by atoms with Crippen molar-refractivity contribution < 1.29 is 14.3 Å². The Labute approximate surface area is 165 Å². The van der Waals surface area contributed by atoms with Crippen molar-refractivity contribution in [1.29, 1.82) is 0 Å². The molecule has 0 unspecified atom stereocenters. The number of nitrogens with one attached hydrogen (secondary N) is 2. The van der Waals surface area contributed by atoms with Crippen molar-refractivity contribution in [3.8, 4) is 11.5 Å². The maximum atomic E-state index is 12.6. The van der Waals surface area contributed by atoms with Crippen LogP contribution in [0, 0.1) is 0 Å².